The molecule has 0 saturated heterocycles. The number of ketones is 1. The molecule has 1 unspecified atom stereocenters. The molecule has 0 saturated carbocycles. The number of nitrogens with zero attached hydrogens (tertiary/aromatic N) is 2. The first kappa shape index (κ1) is 20.8. The Morgan fingerprint density at radius 2 is 1.94 bits per heavy atom. The molecule has 2 aromatic heterocycles. The van der Waals surface area contributed by atoms with Gasteiger partial charge in [0.25, 0.3) is 0 Å². The van der Waals surface area contributed by atoms with Crippen LogP contribution >= 0.6 is 0 Å². The molecule has 1 aliphatic rings. The minimum absolute atomic E-state index is 0.0605. The van der Waals surface area contributed by atoms with E-state index in [2.05, 4.69) is 15.3 Å². The summed E-state index contributed by atoms with van der Waals surface area (Å²) in [7, 11) is 0. The molecule has 3 N–H and O–H groups in total. The zero-order valence-electron chi connectivity index (χ0n) is 17.5. The molecule has 0 spiro atoms. The highest BCUT2D eigenvalue weighted by molar-refractivity contribution is 6.09. The van der Waals surface area contributed by atoms with Crippen LogP contribution in [0.25, 0.3) is 11.3 Å². The average Bonchev–Trinajstić information content (AvgIpc) is 3.17. The van der Waals surface area contributed by atoms with Crippen molar-refractivity contribution < 1.29 is 14.7 Å². The van der Waals surface area contributed by atoms with Crippen LogP contribution in [0.15, 0.2) is 54.9 Å². The third-order valence-electron chi connectivity index (χ3n) is 5.66. The molecule has 1 aliphatic carbocycles. The molecule has 0 bridgehead atoms. The van der Waals surface area contributed by atoms with E-state index in [0.29, 0.717) is 18.5 Å². The van der Waals surface area contributed by atoms with Crippen LogP contribution in [-0.4, -0.2) is 51.4 Å². The van der Waals surface area contributed by atoms with E-state index in [1.54, 1.807) is 17.3 Å². The molecular weight excluding hydrogens is 392 g/mol. The molecule has 1 atom stereocenters. The first-order valence-corrected chi connectivity index (χ1v) is 10.5. The number of anilines is 2. The molecular formula is C24H26N4O3. The van der Waals surface area contributed by atoms with Crippen LogP contribution < -0.4 is 5.32 Å². The van der Waals surface area contributed by atoms with Gasteiger partial charge < -0.3 is 20.3 Å². The van der Waals surface area contributed by atoms with Crippen molar-refractivity contribution in [2.24, 2.45) is 5.92 Å². The number of Topliss-reactive ketones (excluding diaryl/α,β-unsaturated/α-hetero) is 1. The summed E-state index contributed by atoms with van der Waals surface area (Å²) >= 11 is 0. The van der Waals surface area contributed by atoms with Crippen LogP contribution in [0.2, 0.25) is 0 Å². The van der Waals surface area contributed by atoms with Crippen molar-refractivity contribution in [2.75, 3.05) is 25.0 Å². The van der Waals surface area contributed by atoms with Crippen molar-refractivity contribution in [1.29, 1.82) is 0 Å². The highest BCUT2D eigenvalue weighted by Gasteiger charge is 2.36. The van der Waals surface area contributed by atoms with Crippen molar-refractivity contribution >= 4 is 23.1 Å². The third kappa shape index (κ3) is 4.22. The fourth-order valence-electron chi connectivity index (χ4n) is 4.16. The molecule has 7 heteroatoms. The molecule has 31 heavy (non-hydrogen) atoms. The molecule has 3 aromatic rings. The van der Waals surface area contributed by atoms with Gasteiger partial charge in [-0.2, -0.15) is 0 Å². The number of amides is 1. The number of hydrogen-bond donors (Lipinski definition) is 3. The maximum atomic E-state index is 13.2. The Kier molecular flexibility index (Phi) is 6.13. The van der Waals surface area contributed by atoms with Crippen molar-refractivity contribution in [3.8, 4) is 11.3 Å². The fraction of sp³-hybridized carbons (Fsp3) is 0.292. The van der Waals surface area contributed by atoms with Gasteiger partial charge in [-0.15, -0.1) is 0 Å². The molecule has 1 aromatic carbocycles. The Morgan fingerprint density at radius 3 is 2.61 bits per heavy atom. The van der Waals surface area contributed by atoms with Crippen LogP contribution in [0.4, 0.5) is 11.4 Å². The van der Waals surface area contributed by atoms with Gasteiger partial charge in [-0.05, 0) is 31.2 Å². The molecule has 0 aliphatic heterocycles. The molecule has 0 radical (unpaired) electrons. The maximum Gasteiger partial charge on any atom is 0.226 e. The highest BCUT2D eigenvalue weighted by atomic mass is 16.3. The number of benzene rings is 1. The van der Waals surface area contributed by atoms with Gasteiger partial charge in [-0.3, -0.25) is 14.6 Å². The van der Waals surface area contributed by atoms with Crippen LogP contribution in [-0.2, 0) is 11.2 Å². The number of fused-ring (bicyclic) bond motifs is 1. The summed E-state index contributed by atoms with van der Waals surface area (Å²) in [5, 5.41) is 12.7. The molecule has 1 amide bonds. The summed E-state index contributed by atoms with van der Waals surface area (Å²) in [6.07, 6.45) is 4.04. The number of carbonyl (C=O) groups excluding carboxylic acids is 2. The van der Waals surface area contributed by atoms with Crippen LogP contribution in [0.3, 0.4) is 0 Å². The van der Waals surface area contributed by atoms with Crippen molar-refractivity contribution in [2.45, 2.75) is 19.8 Å². The average molecular weight is 418 g/mol. The molecule has 0 fully saturated rings. The molecule has 160 valence electrons. The fourth-order valence-corrected chi connectivity index (χ4v) is 4.16. The van der Waals surface area contributed by atoms with Gasteiger partial charge >= 0.3 is 0 Å². The number of nitrogens with one attached hydrogen (secondary N) is 2. The number of aromatic nitrogens is 2. The smallest absolute Gasteiger partial charge is 0.226 e. The van der Waals surface area contributed by atoms with Crippen molar-refractivity contribution in [3.63, 3.8) is 0 Å². The van der Waals surface area contributed by atoms with Gasteiger partial charge in [0.1, 0.15) is 0 Å². The van der Waals surface area contributed by atoms with Gasteiger partial charge in [0.05, 0.1) is 29.5 Å². The Bertz CT molecular complexity index is 1060. The van der Waals surface area contributed by atoms with Crippen LogP contribution in [0.1, 0.15) is 29.4 Å². The van der Waals surface area contributed by atoms with Gasteiger partial charge in [0.2, 0.25) is 5.91 Å². The topological polar surface area (TPSA) is 98.3 Å². The second-order valence-corrected chi connectivity index (χ2v) is 7.63. The Labute approximate surface area is 181 Å². The summed E-state index contributed by atoms with van der Waals surface area (Å²) < 4.78 is 0. The number of H-pyrrole nitrogens is 1. The SMILES string of the molecule is CCN(CCO)C(=O)C1CC(=O)c2c([nH]c(-c3ccncc3)c2Nc2ccccc2)C1. The standard InChI is InChI=1S/C24H26N4O3/c1-2-28(12-13-29)24(31)17-14-19-21(20(30)15-17)23(26-18-6-4-3-5-7-18)22(27-19)16-8-10-25-11-9-16/h3-11,17,26-27,29H,2,12-15H2,1H3. The summed E-state index contributed by atoms with van der Waals surface area (Å²) in [5.74, 6) is -0.581. The number of hydrogen-bond acceptors (Lipinski definition) is 5. The van der Waals surface area contributed by atoms with E-state index in [9.17, 15) is 14.7 Å². The lowest BCUT2D eigenvalue weighted by atomic mass is 9.85. The largest absolute Gasteiger partial charge is 0.395 e. The monoisotopic (exact) mass is 418 g/mol. The zero-order chi connectivity index (χ0) is 21.8. The lowest BCUT2D eigenvalue weighted by Gasteiger charge is -2.27. The van der Waals surface area contributed by atoms with E-state index in [1.165, 1.54) is 0 Å². The summed E-state index contributed by atoms with van der Waals surface area (Å²) in [6, 6.07) is 13.5. The Balaban J connectivity index is 1.73. The van der Waals surface area contributed by atoms with Crippen molar-refractivity contribution in [3.05, 3.63) is 66.1 Å². The van der Waals surface area contributed by atoms with Gasteiger partial charge in [-0.25, -0.2) is 0 Å². The van der Waals surface area contributed by atoms with E-state index in [0.717, 1.165) is 28.3 Å². The summed E-state index contributed by atoms with van der Waals surface area (Å²) in [5.41, 5.74) is 4.70. The number of pyridine rings is 1. The lowest BCUT2D eigenvalue weighted by molar-refractivity contribution is -0.135. The van der Waals surface area contributed by atoms with Gasteiger partial charge in [-0.1, -0.05) is 18.2 Å². The maximum absolute atomic E-state index is 13.2. The third-order valence-corrected chi connectivity index (χ3v) is 5.66. The first-order valence-electron chi connectivity index (χ1n) is 10.5. The second-order valence-electron chi connectivity index (χ2n) is 7.63. The summed E-state index contributed by atoms with van der Waals surface area (Å²) in [6.45, 7) is 2.57. The highest BCUT2D eigenvalue weighted by Crippen LogP contribution is 2.40. The minimum Gasteiger partial charge on any atom is -0.395 e. The Hall–Kier alpha value is -3.45. The second kappa shape index (κ2) is 9.14. The van der Waals surface area contributed by atoms with E-state index >= 15 is 0 Å². The number of para-hydroxylation sites is 1. The van der Waals surface area contributed by atoms with Crippen LogP contribution in [0, 0.1) is 5.92 Å². The summed E-state index contributed by atoms with van der Waals surface area (Å²) in [4.78, 5) is 35.3. The van der Waals surface area contributed by atoms with Crippen LogP contribution in [0.5, 0.6) is 0 Å². The van der Waals surface area contributed by atoms with Gasteiger partial charge in [0, 0.05) is 55.3 Å². The van der Waals surface area contributed by atoms with Crippen molar-refractivity contribution in [1.82, 2.24) is 14.9 Å². The predicted molar refractivity (Wildman–Crippen MR) is 119 cm³/mol. The number of aromatic amines is 1. The Morgan fingerprint density at radius 1 is 1.19 bits per heavy atom. The van der Waals surface area contributed by atoms with E-state index in [1.807, 2.05) is 49.4 Å². The number of rotatable bonds is 7. The number of aliphatic hydroxyl groups excluding tert-OH is 1. The van der Waals surface area contributed by atoms with E-state index in [-0.39, 0.29) is 31.3 Å². The lowest BCUT2D eigenvalue weighted by Crippen LogP contribution is -2.40. The normalized spacial score (nSPS) is 15.4. The molecule has 7 nitrogen and oxygen atoms in total. The quantitative estimate of drug-likeness (QED) is 0.546. The molecule has 4 rings (SSSR count). The van der Waals surface area contributed by atoms with E-state index < -0.39 is 5.92 Å². The first-order chi connectivity index (χ1) is 15.1. The zero-order valence-corrected chi connectivity index (χ0v) is 17.5. The number of likely N-dealkylation sites (N-methyl/N-ethyl adjacent to an activating group) is 1. The number of aliphatic hydroxyl groups is 1. The van der Waals surface area contributed by atoms with E-state index in [4.69, 9.17) is 0 Å². The van der Waals surface area contributed by atoms with Gasteiger partial charge in [0.15, 0.2) is 5.78 Å². The predicted octanol–water partition coefficient (Wildman–Crippen LogP) is 3.41. The molecule has 2 heterocycles. The number of carbonyl (C=O) groups is 2. The minimum atomic E-state index is -0.431.